The Morgan fingerprint density at radius 1 is 1.09 bits per heavy atom. The second-order valence-corrected chi connectivity index (χ2v) is 10.3. The third-order valence-corrected chi connectivity index (χ3v) is 7.28. The average molecular weight is 531 g/mol. The van der Waals surface area contributed by atoms with E-state index >= 15 is 0 Å². The minimum absolute atomic E-state index is 0.0202. The molecule has 35 heavy (non-hydrogen) atoms. The van der Waals surface area contributed by atoms with Crippen LogP contribution in [-0.4, -0.2) is 40.0 Å². The van der Waals surface area contributed by atoms with Gasteiger partial charge in [-0.15, -0.1) is 0 Å². The third kappa shape index (κ3) is 5.65. The highest BCUT2D eigenvalue weighted by Crippen LogP contribution is 2.25. The predicted molar refractivity (Wildman–Crippen MR) is 145 cm³/mol. The van der Waals surface area contributed by atoms with E-state index in [1.807, 2.05) is 6.07 Å². The lowest BCUT2D eigenvalue weighted by molar-refractivity contribution is -0.126. The van der Waals surface area contributed by atoms with Gasteiger partial charge in [0.05, 0.1) is 23.5 Å². The van der Waals surface area contributed by atoms with Crippen molar-refractivity contribution in [3.63, 3.8) is 0 Å². The molecule has 0 unspecified atom stereocenters. The normalized spacial score (nSPS) is 16.5. The maximum atomic E-state index is 13.0. The molecule has 5 nitrogen and oxygen atoms in total. The summed E-state index contributed by atoms with van der Waals surface area (Å²) in [5.74, 6) is 1.20. The van der Waals surface area contributed by atoms with Crippen LogP contribution in [0.25, 0.3) is 16.7 Å². The van der Waals surface area contributed by atoms with Gasteiger partial charge in [-0.25, -0.2) is 4.98 Å². The molecule has 1 amide bonds. The Morgan fingerprint density at radius 2 is 1.91 bits per heavy atom. The number of amides is 1. The van der Waals surface area contributed by atoms with Crippen LogP contribution in [0, 0.1) is 12.8 Å². The molecule has 180 valence electrons. The monoisotopic (exact) mass is 530 g/mol. The topological polar surface area (TPSA) is 50.2 Å². The summed E-state index contributed by atoms with van der Waals surface area (Å²) in [4.78, 5) is 20.3. The molecule has 1 saturated heterocycles. The van der Waals surface area contributed by atoms with E-state index in [1.54, 1.807) is 0 Å². The number of nitrogens with one attached hydrogen (secondary N) is 1. The van der Waals surface area contributed by atoms with Crippen molar-refractivity contribution in [2.45, 2.75) is 32.7 Å². The van der Waals surface area contributed by atoms with E-state index in [0.717, 1.165) is 65.9 Å². The minimum atomic E-state index is 0.0202. The van der Waals surface area contributed by atoms with Gasteiger partial charge in [-0.3, -0.25) is 14.3 Å². The highest BCUT2D eigenvalue weighted by molar-refractivity contribution is 9.10. The van der Waals surface area contributed by atoms with Gasteiger partial charge in [-0.2, -0.15) is 0 Å². The van der Waals surface area contributed by atoms with Crippen molar-refractivity contribution in [3.05, 3.63) is 94.2 Å². The number of likely N-dealkylation sites (tertiary alicyclic amines) is 1. The number of fused-ring (bicyclic) bond motifs is 1. The fraction of sp³-hybridized carbons (Fsp3) is 0.310. The Balaban J connectivity index is 1.26. The summed E-state index contributed by atoms with van der Waals surface area (Å²) in [6, 6.07) is 25.1. The van der Waals surface area contributed by atoms with E-state index in [4.69, 9.17) is 4.98 Å². The van der Waals surface area contributed by atoms with Gasteiger partial charge in [0.25, 0.3) is 0 Å². The first-order chi connectivity index (χ1) is 17.1. The molecule has 1 atom stereocenters. The highest BCUT2D eigenvalue weighted by atomic mass is 79.9. The van der Waals surface area contributed by atoms with E-state index in [2.05, 4.69) is 104 Å². The van der Waals surface area contributed by atoms with Gasteiger partial charge in [-0.1, -0.05) is 57.9 Å². The van der Waals surface area contributed by atoms with Crippen LogP contribution >= 0.6 is 15.9 Å². The molecule has 1 fully saturated rings. The van der Waals surface area contributed by atoms with Gasteiger partial charge in [0.15, 0.2) is 0 Å². The first kappa shape index (κ1) is 23.8. The molecule has 6 heteroatoms. The van der Waals surface area contributed by atoms with Crippen LogP contribution in [0.15, 0.2) is 77.3 Å². The summed E-state index contributed by atoms with van der Waals surface area (Å²) in [7, 11) is 0. The van der Waals surface area contributed by atoms with E-state index in [1.165, 1.54) is 11.1 Å². The Bertz CT molecular complexity index is 1310. The molecule has 5 rings (SSSR count). The zero-order valence-electron chi connectivity index (χ0n) is 20.1. The number of rotatable bonds is 7. The third-order valence-electron chi connectivity index (χ3n) is 6.75. The van der Waals surface area contributed by atoms with Crippen molar-refractivity contribution in [2.24, 2.45) is 5.92 Å². The maximum Gasteiger partial charge on any atom is 0.224 e. The molecular formula is C29H31BrN4O. The molecular weight excluding hydrogens is 500 g/mol. The Morgan fingerprint density at radius 3 is 2.74 bits per heavy atom. The number of imidazole rings is 1. The van der Waals surface area contributed by atoms with Gasteiger partial charge in [0, 0.05) is 23.2 Å². The number of aryl methyl sites for hydroxylation is 1. The number of hydrogen-bond acceptors (Lipinski definition) is 3. The number of benzene rings is 3. The second-order valence-electron chi connectivity index (χ2n) is 9.43. The van der Waals surface area contributed by atoms with Crippen LogP contribution in [0.3, 0.4) is 0 Å². The smallest absolute Gasteiger partial charge is 0.224 e. The molecule has 1 aromatic heterocycles. The Kier molecular flexibility index (Phi) is 7.30. The van der Waals surface area contributed by atoms with Crippen LogP contribution < -0.4 is 5.32 Å². The molecule has 0 aliphatic carbocycles. The largest absolute Gasteiger partial charge is 0.355 e. The summed E-state index contributed by atoms with van der Waals surface area (Å²) >= 11 is 3.54. The van der Waals surface area contributed by atoms with Gasteiger partial charge >= 0.3 is 0 Å². The number of aromatic nitrogens is 2. The number of nitrogens with zero attached hydrogens (tertiary/aromatic N) is 3. The molecule has 4 aromatic rings. The van der Waals surface area contributed by atoms with Crippen LogP contribution in [0.1, 0.15) is 29.8 Å². The van der Waals surface area contributed by atoms with Crippen LogP contribution in [-0.2, 0) is 17.8 Å². The van der Waals surface area contributed by atoms with Crippen molar-refractivity contribution in [1.29, 1.82) is 0 Å². The standard InChI is InChI=1S/C29H31BrN4O/c1-21-6-4-7-22(18-21)15-16-31-29(35)23-8-5-17-33(19-23)20-28-32-26-9-2-3-10-27(26)34(28)25-13-11-24(30)12-14-25/h2-4,6-7,9-14,18,23H,5,8,15-17,19-20H2,1H3,(H,31,35)/t23-/m1/s1. The Labute approximate surface area is 215 Å². The van der Waals surface area contributed by atoms with Gasteiger partial charge in [0.2, 0.25) is 5.91 Å². The molecule has 1 aliphatic heterocycles. The average Bonchev–Trinajstić information content (AvgIpc) is 3.22. The van der Waals surface area contributed by atoms with E-state index in [9.17, 15) is 4.79 Å². The molecule has 0 saturated carbocycles. The Hall–Kier alpha value is -2.96. The van der Waals surface area contributed by atoms with Gasteiger partial charge in [0.1, 0.15) is 5.82 Å². The van der Waals surface area contributed by atoms with Gasteiger partial charge in [-0.05, 0) is 74.7 Å². The van der Waals surface area contributed by atoms with Crippen molar-refractivity contribution in [3.8, 4) is 5.69 Å². The highest BCUT2D eigenvalue weighted by Gasteiger charge is 2.27. The summed E-state index contributed by atoms with van der Waals surface area (Å²) in [6.45, 7) is 5.25. The van der Waals surface area contributed by atoms with Crippen molar-refractivity contribution in [2.75, 3.05) is 19.6 Å². The van der Waals surface area contributed by atoms with E-state index in [-0.39, 0.29) is 11.8 Å². The lowest BCUT2D eigenvalue weighted by atomic mass is 9.97. The number of piperidine rings is 1. The summed E-state index contributed by atoms with van der Waals surface area (Å²) < 4.78 is 3.30. The summed E-state index contributed by atoms with van der Waals surface area (Å²) in [5.41, 5.74) is 5.72. The SMILES string of the molecule is Cc1cccc(CCNC(=O)[C@@H]2CCCN(Cc3nc4ccccc4n3-c3ccc(Br)cc3)C2)c1. The number of carbonyl (C=O) groups excluding carboxylic acids is 1. The predicted octanol–water partition coefficient (Wildman–Crippen LogP) is 5.67. The zero-order chi connectivity index (χ0) is 24.2. The van der Waals surface area contributed by atoms with Crippen molar-refractivity contribution in [1.82, 2.24) is 19.8 Å². The number of hydrogen-bond donors (Lipinski definition) is 1. The fourth-order valence-electron chi connectivity index (χ4n) is 5.02. The molecule has 3 aromatic carbocycles. The quantitative estimate of drug-likeness (QED) is 0.335. The summed E-state index contributed by atoms with van der Waals surface area (Å²) in [6.07, 6.45) is 2.82. The van der Waals surface area contributed by atoms with Crippen molar-refractivity contribution < 1.29 is 4.79 Å². The molecule has 1 aliphatic rings. The summed E-state index contributed by atoms with van der Waals surface area (Å²) in [5, 5.41) is 3.18. The molecule has 0 radical (unpaired) electrons. The lowest BCUT2D eigenvalue weighted by Crippen LogP contribution is -2.43. The first-order valence-electron chi connectivity index (χ1n) is 12.3. The van der Waals surface area contributed by atoms with Gasteiger partial charge < -0.3 is 5.32 Å². The van der Waals surface area contributed by atoms with Crippen LogP contribution in [0.4, 0.5) is 0 Å². The maximum absolute atomic E-state index is 13.0. The number of para-hydroxylation sites is 2. The molecule has 0 spiro atoms. The number of carbonyl (C=O) groups is 1. The van der Waals surface area contributed by atoms with Crippen LogP contribution in [0.5, 0.6) is 0 Å². The zero-order valence-corrected chi connectivity index (χ0v) is 21.7. The fourth-order valence-corrected chi connectivity index (χ4v) is 5.28. The van der Waals surface area contributed by atoms with E-state index < -0.39 is 0 Å². The molecule has 0 bridgehead atoms. The number of halogens is 1. The lowest BCUT2D eigenvalue weighted by Gasteiger charge is -2.31. The second kappa shape index (κ2) is 10.8. The first-order valence-corrected chi connectivity index (χ1v) is 13.1. The minimum Gasteiger partial charge on any atom is -0.355 e. The van der Waals surface area contributed by atoms with E-state index in [0.29, 0.717) is 6.54 Å². The molecule has 1 N–H and O–H groups in total. The van der Waals surface area contributed by atoms with Crippen LogP contribution in [0.2, 0.25) is 0 Å². The van der Waals surface area contributed by atoms with Crippen molar-refractivity contribution >= 4 is 32.9 Å². The molecule has 2 heterocycles.